The lowest BCUT2D eigenvalue weighted by molar-refractivity contribution is -0.131. The third kappa shape index (κ3) is 3.47. The molecule has 2 aliphatic rings. The van der Waals surface area contributed by atoms with Gasteiger partial charge in [-0.3, -0.25) is 9.59 Å². The van der Waals surface area contributed by atoms with Crippen LogP contribution in [-0.4, -0.2) is 53.4 Å². The molecule has 122 valence electrons. The van der Waals surface area contributed by atoms with E-state index in [0.29, 0.717) is 37.4 Å². The van der Waals surface area contributed by atoms with Crippen molar-refractivity contribution in [3.8, 4) is 0 Å². The predicted molar refractivity (Wildman–Crippen MR) is 83.0 cm³/mol. The molecule has 0 radical (unpaired) electrons. The number of cyclic esters (lactones) is 1. The van der Waals surface area contributed by atoms with E-state index in [1.165, 1.54) is 0 Å². The monoisotopic (exact) mass is 336 g/mol. The Hall–Kier alpha value is -2.08. The van der Waals surface area contributed by atoms with E-state index in [0.717, 1.165) is 10.5 Å². The highest BCUT2D eigenvalue weighted by Gasteiger charge is 2.41. The number of hydrogen-bond donors (Lipinski definition) is 0. The molecule has 2 fully saturated rings. The SMILES string of the molecule is O=C(CCc1cccc(Cl)c1)N1CCC(N2C(=O)COC2=O)C1. The highest BCUT2D eigenvalue weighted by molar-refractivity contribution is 6.30. The molecule has 3 rings (SSSR count). The molecule has 0 spiro atoms. The minimum Gasteiger partial charge on any atom is -0.439 e. The zero-order valence-corrected chi connectivity index (χ0v) is 13.3. The highest BCUT2D eigenvalue weighted by Crippen LogP contribution is 2.21. The molecule has 0 aromatic heterocycles. The summed E-state index contributed by atoms with van der Waals surface area (Å²) in [7, 11) is 0. The van der Waals surface area contributed by atoms with Crippen LogP contribution in [0.3, 0.4) is 0 Å². The summed E-state index contributed by atoms with van der Waals surface area (Å²) in [5.41, 5.74) is 1.01. The molecule has 1 aromatic carbocycles. The third-order valence-corrected chi connectivity index (χ3v) is 4.42. The van der Waals surface area contributed by atoms with Crippen LogP contribution in [0.1, 0.15) is 18.4 Å². The van der Waals surface area contributed by atoms with Gasteiger partial charge in [0.2, 0.25) is 5.91 Å². The number of likely N-dealkylation sites (tertiary alicyclic amines) is 1. The van der Waals surface area contributed by atoms with Crippen LogP contribution in [0.2, 0.25) is 5.02 Å². The van der Waals surface area contributed by atoms with Gasteiger partial charge in [0.25, 0.3) is 5.91 Å². The molecule has 0 N–H and O–H groups in total. The minimum atomic E-state index is -0.603. The lowest BCUT2D eigenvalue weighted by Crippen LogP contribution is -2.42. The molecule has 0 bridgehead atoms. The molecular weight excluding hydrogens is 320 g/mol. The summed E-state index contributed by atoms with van der Waals surface area (Å²) in [4.78, 5) is 38.4. The van der Waals surface area contributed by atoms with Gasteiger partial charge in [-0.05, 0) is 30.5 Å². The van der Waals surface area contributed by atoms with E-state index in [2.05, 4.69) is 0 Å². The van der Waals surface area contributed by atoms with E-state index in [9.17, 15) is 14.4 Å². The third-order valence-electron chi connectivity index (χ3n) is 4.18. The Balaban J connectivity index is 1.53. The number of benzene rings is 1. The van der Waals surface area contributed by atoms with E-state index in [1.54, 1.807) is 11.0 Å². The Kier molecular flexibility index (Phi) is 4.52. The molecule has 2 aliphatic heterocycles. The maximum atomic E-state index is 12.3. The Morgan fingerprint density at radius 2 is 2.17 bits per heavy atom. The number of halogens is 1. The van der Waals surface area contributed by atoms with Gasteiger partial charge in [0.15, 0.2) is 6.61 Å². The van der Waals surface area contributed by atoms with Crippen LogP contribution in [0, 0.1) is 0 Å². The van der Waals surface area contributed by atoms with Crippen LogP contribution >= 0.6 is 11.6 Å². The maximum Gasteiger partial charge on any atom is 0.417 e. The molecule has 1 atom stereocenters. The topological polar surface area (TPSA) is 66.9 Å². The standard InChI is InChI=1S/C16H17ClN2O4/c17-12-3-1-2-11(8-12)4-5-14(20)18-7-6-13(9-18)19-15(21)10-23-16(19)22/h1-3,8,13H,4-7,9-10H2. The fraction of sp³-hybridized carbons (Fsp3) is 0.438. The first-order chi connectivity index (χ1) is 11.0. The Morgan fingerprint density at radius 1 is 1.35 bits per heavy atom. The first kappa shape index (κ1) is 15.8. The summed E-state index contributed by atoms with van der Waals surface area (Å²) >= 11 is 5.93. The summed E-state index contributed by atoms with van der Waals surface area (Å²) in [6.45, 7) is 0.739. The summed E-state index contributed by atoms with van der Waals surface area (Å²) in [5, 5.41) is 0.655. The van der Waals surface area contributed by atoms with E-state index >= 15 is 0 Å². The number of amides is 3. The molecule has 7 heteroatoms. The van der Waals surface area contributed by atoms with E-state index in [1.807, 2.05) is 18.2 Å². The molecule has 0 saturated carbocycles. The first-order valence-electron chi connectivity index (χ1n) is 7.55. The average Bonchev–Trinajstić information content (AvgIpc) is 3.12. The summed E-state index contributed by atoms with van der Waals surface area (Å²) in [5.74, 6) is -0.305. The van der Waals surface area contributed by atoms with Crippen molar-refractivity contribution in [1.29, 1.82) is 0 Å². The van der Waals surface area contributed by atoms with Crippen molar-refractivity contribution in [3.63, 3.8) is 0 Å². The number of imide groups is 1. The molecule has 1 aromatic rings. The van der Waals surface area contributed by atoms with Crippen molar-refractivity contribution in [1.82, 2.24) is 9.80 Å². The lowest BCUT2D eigenvalue weighted by Gasteiger charge is -2.20. The number of carbonyl (C=O) groups is 3. The zero-order valence-electron chi connectivity index (χ0n) is 12.5. The van der Waals surface area contributed by atoms with Gasteiger partial charge in [0.05, 0.1) is 6.04 Å². The molecule has 1 unspecified atom stereocenters. The average molecular weight is 337 g/mol. The normalized spacial score (nSPS) is 21.0. The van der Waals surface area contributed by atoms with E-state index in [4.69, 9.17) is 16.3 Å². The molecule has 3 amide bonds. The van der Waals surface area contributed by atoms with Crippen molar-refractivity contribution >= 4 is 29.5 Å². The van der Waals surface area contributed by atoms with Gasteiger partial charge in [-0.2, -0.15) is 0 Å². The number of aryl methyl sites for hydroxylation is 1. The quantitative estimate of drug-likeness (QED) is 0.841. The van der Waals surface area contributed by atoms with Crippen molar-refractivity contribution in [2.45, 2.75) is 25.3 Å². The predicted octanol–water partition coefficient (Wildman–Crippen LogP) is 1.85. The largest absolute Gasteiger partial charge is 0.439 e. The lowest BCUT2D eigenvalue weighted by atomic mass is 10.1. The van der Waals surface area contributed by atoms with Crippen molar-refractivity contribution < 1.29 is 19.1 Å². The molecular formula is C16H17ClN2O4. The first-order valence-corrected chi connectivity index (χ1v) is 7.93. The van der Waals surface area contributed by atoms with Crippen LogP contribution < -0.4 is 0 Å². The summed E-state index contributed by atoms with van der Waals surface area (Å²) < 4.78 is 4.72. The van der Waals surface area contributed by atoms with Crippen LogP contribution in [0.25, 0.3) is 0 Å². The van der Waals surface area contributed by atoms with Gasteiger partial charge in [0, 0.05) is 24.5 Å². The number of nitrogens with zero attached hydrogens (tertiary/aromatic N) is 2. The highest BCUT2D eigenvalue weighted by atomic mass is 35.5. The Bertz CT molecular complexity index is 633. The van der Waals surface area contributed by atoms with Crippen LogP contribution in [0.5, 0.6) is 0 Å². The second kappa shape index (κ2) is 6.58. The van der Waals surface area contributed by atoms with Gasteiger partial charge < -0.3 is 9.64 Å². The number of carbonyl (C=O) groups excluding carboxylic acids is 3. The molecule has 6 nitrogen and oxygen atoms in total. The van der Waals surface area contributed by atoms with Crippen LogP contribution in [0.15, 0.2) is 24.3 Å². The molecule has 2 saturated heterocycles. The van der Waals surface area contributed by atoms with Crippen molar-refractivity contribution in [2.24, 2.45) is 0 Å². The number of rotatable bonds is 4. The number of hydrogen-bond acceptors (Lipinski definition) is 4. The van der Waals surface area contributed by atoms with Gasteiger partial charge in [-0.25, -0.2) is 9.69 Å². The van der Waals surface area contributed by atoms with Crippen LogP contribution in [-0.2, 0) is 20.7 Å². The van der Waals surface area contributed by atoms with Crippen molar-refractivity contribution in [3.05, 3.63) is 34.9 Å². The molecule has 23 heavy (non-hydrogen) atoms. The fourth-order valence-corrected chi connectivity index (χ4v) is 3.21. The Morgan fingerprint density at radius 3 is 2.87 bits per heavy atom. The number of ether oxygens (including phenoxy) is 1. The van der Waals surface area contributed by atoms with Crippen molar-refractivity contribution in [2.75, 3.05) is 19.7 Å². The summed E-state index contributed by atoms with van der Waals surface area (Å²) in [6.07, 6.45) is 0.994. The molecule has 0 aliphatic carbocycles. The van der Waals surface area contributed by atoms with Gasteiger partial charge >= 0.3 is 6.09 Å². The van der Waals surface area contributed by atoms with E-state index < -0.39 is 6.09 Å². The van der Waals surface area contributed by atoms with Gasteiger partial charge in [-0.1, -0.05) is 23.7 Å². The minimum absolute atomic E-state index is 0.0208. The van der Waals surface area contributed by atoms with E-state index in [-0.39, 0.29) is 24.5 Å². The van der Waals surface area contributed by atoms with Crippen LogP contribution in [0.4, 0.5) is 4.79 Å². The second-order valence-electron chi connectivity index (χ2n) is 5.73. The zero-order chi connectivity index (χ0) is 16.4. The van der Waals surface area contributed by atoms with Gasteiger partial charge in [-0.15, -0.1) is 0 Å². The van der Waals surface area contributed by atoms with Gasteiger partial charge in [0.1, 0.15) is 0 Å². The smallest absolute Gasteiger partial charge is 0.417 e. The second-order valence-corrected chi connectivity index (χ2v) is 6.17. The fourth-order valence-electron chi connectivity index (χ4n) is 3.00. The maximum absolute atomic E-state index is 12.3. The molecule has 2 heterocycles. The summed E-state index contributed by atoms with van der Waals surface area (Å²) in [6, 6.07) is 7.17. The Labute approximate surface area is 138 Å².